The highest BCUT2D eigenvalue weighted by Gasteiger charge is 2.25. The molecule has 1 saturated carbocycles. The Labute approximate surface area is 183 Å². The maximum Gasteiger partial charge on any atom is 0.265 e. The van der Waals surface area contributed by atoms with E-state index in [9.17, 15) is 18.8 Å². The summed E-state index contributed by atoms with van der Waals surface area (Å²) in [5.41, 5.74) is 7.83. The Kier molecular flexibility index (Phi) is 5.69. The third-order valence-corrected chi connectivity index (χ3v) is 6.41. The number of ketones is 1. The van der Waals surface area contributed by atoms with E-state index in [1.165, 1.54) is 23.5 Å². The molecule has 3 aromatic rings. The molecule has 0 unspecified atom stereocenters. The monoisotopic (exact) mass is 436 g/mol. The van der Waals surface area contributed by atoms with Gasteiger partial charge in [-0.3, -0.25) is 14.4 Å². The molecule has 5 nitrogen and oxygen atoms in total. The number of hydrogen-bond donors (Lipinski definition) is 2. The van der Waals surface area contributed by atoms with Crippen LogP contribution in [0.15, 0.2) is 48.5 Å². The molecular formula is C24H21FN2O3S. The first-order chi connectivity index (χ1) is 14.8. The van der Waals surface area contributed by atoms with Gasteiger partial charge in [0.1, 0.15) is 5.82 Å². The minimum Gasteiger partial charge on any atom is -0.366 e. The standard InChI is InChI=1S/C24H21FN2O3S/c1-13-2-5-15(20(28)8-14-3-4-14)12-19(13)27-24(30)22-7-6-21(31-22)16-9-17(23(26)29)11-18(25)10-16/h2,5-7,9-12,14H,3-4,8H2,1H3,(H2,26,29)(H,27,30). The molecule has 1 fully saturated rings. The number of halogens is 1. The normalized spacial score (nSPS) is 13.1. The molecule has 1 aromatic heterocycles. The van der Waals surface area contributed by atoms with Crippen molar-refractivity contribution in [1.82, 2.24) is 0 Å². The lowest BCUT2D eigenvalue weighted by atomic mass is 10.0. The number of primary amides is 1. The summed E-state index contributed by atoms with van der Waals surface area (Å²) in [7, 11) is 0. The SMILES string of the molecule is Cc1ccc(C(=O)CC2CC2)cc1NC(=O)c1ccc(-c2cc(F)cc(C(N)=O)c2)s1. The van der Waals surface area contributed by atoms with Crippen LogP contribution in [-0.4, -0.2) is 17.6 Å². The Balaban J connectivity index is 1.53. The van der Waals surface area contributed by atoms with Gasteiger partial charge >= 0.3 is 0 Å². The summed E-state index contributed by atoms with van der Waals surface area (Å²) in [5, 5.41) is 2.87. The summed E-state index contributed by atoms with van der Waals surface area (Å²) in [5.74, 6) is -1.03. The van der Waals surface area contributed by atoms with Crippen LogP contribution < -0.4 is 11.1 Å². The number of carbonyl (C=O) groups is 3. The number of hydrogen-bond acceptors (Lipinski definition) is 4. The molecule has 1 aliphatic carbocycles. The van der Waals surface area contributed by atoms with Crippen molar-refractivity contribution in [3.05, 3.63) is 75.9 Å². The fraction of sp³-hybridized carbons (Fsp3) is 0.208. The second kappa shape index (κ2) is 8.43. The molecule has 7 heteroatoms. The van der Waals surface area contributed by atoms with Gasteiger partial charge in [0.25, 0.3) is 5.91 Å². The van der Waals surface area contributed by atoms with E-state index >= 15 is 0 Å². The molecule has 0 spiro atoms. The van der Waals surface area contributed by atoms with Crippen molar-refractivity contribution in [3.63, 3.8) is 0 Å². The van der Waals surface area contributed by atoms with Crippen molar-refractivity contribution in [2.24, 2.45) is 11.7 Å². The fourth-order valence-corrected chi connectivity index (χ4v) is 4.19. The molecule has 0 aliphatic heterocycles. The van der Waals surface area contributed by atoms with E-state index in [4.69, 9.17) is 5.73 Å². The van der Waals surface area contributed by atoms with Crippen LogP contribution in [0.3, 0.4) is 0 Å². The minimum absolute atomic E-state index is 0.0673. The topological polar surface area (TPSA) is 89.3 Å². The third-order valence-electron chi connectivity index (χ3n) is 5.28. The summed E-state index contributed by atoms with van der Waals surface area (Å²) in [6.07, 6.45) is 2.76. The van der Waals surface area contributed by atoms with Gasteiger partial charge in [-0.05, 0) is 73.2 Å². The molecule has 3 N–H and O–H groups in total. The van der Waals surface area contributed by atoms with Gasteiger partial charge < -0.3 is 11.1 Å². The summed E-state index contributed by atoms with van der Waals surface area (Å²) in [6.45, 7) is 1.86. The molecule has 1 heterocycles. The predicted octanol–water partition coefficient (Wildman–Crippen LogP) is 5.20. The van der Waals surface area contributed by atoms with Gasteiger partial charge in [-0.2, -0.15) is 0 Å². The van der Waals surface area contributed by atoms with E-state index < -0.39 is 11.7 Å². The van der Waals surface area contributed by atoms with E-state index in [2.05, 4.69) is 5.32 Å². The summed E-state index contributed by atoms with van der Waals surface area (Å²) < 4.78 is 13.8. The smallest absolute Gasteiger partial charge is 0.265 e. The first-order valence-electron chi connectivity index (χ1n) is 9.96. The van der Waals surface area contributed by atoms with Crippen LogP contribution in [0.2, 0.25) is 0 Å². The van der Waals surface area contributed by atoms with Crippen LogP contribution >= 0.6 is 11.3 Å². The number of benzene rings is 2. The molecule has 2 amide bonds. The molecule has 1 aliphatic rings. The second-order valence-corrected chi connectivity index (χ2v) is 8.90. The summed E-state index contributed by atoms with van der Waals surface area (Å²) >= 11 is 1.18. The number of nitrogens with two attached hydrogens (primary N) is 1. The van der Waals surface area contributed by atoms with Crippen molar-refractivity contribution in [2.45, 2.75) is 26.2 Å². The van der Waals surface area contributed by atoms with Gasteiger partial charge in [0.15, 0.2) is 5.78 Å². The highest BCUT2D eigenvalue weighted by Crippen LogP contribution is 2.34. The lowest BCUT2D eigenvalue weighted by molar-refractivity contribution is 0.0972. The fourth-order valence-electron chi connectivity index (χ4n) is 3.31. The van der Waals surface area contributed by atoms with E-state index in [-0.39, 0.29) is 17.3 Å². The van der Waals surface area contributed by atoms with Crippen molar-refractivity contribution in [3.8, 4) is 10.4 Å². The number of rotatable bonds is 7. The molecule has 158 valence electrons. The zero-order valence-electron chi connectivity index (χ0n) is 16.9. The first-order valence-corrected chi connectivity index (χ1v) is 10.8. The maximum absolute atomic E-state index is 13.8. The number of thiophene rings is 1. The van der Waals surface area contributed by atoms with Crippen molar-refractivity contribution >= 4 is 34.6 Å². The quantitative estimate of drug-likeness (QED) is 0.499. The van der Waals surface area contributed by atoms with Crippen molar-refractivity contribution < 1.29 is 18.8 Å². The molecule has 0 saturated heterocycles. The van der Waals surface area contributed by atoms with E-state index in [0.717, 1.165) is 24.5 Å². The molecule has 2 aromatic carbocycles. The number of Topliss-reactive ketones (excluding diaryl/α,β-unsaturated/α-hetero) is 1. The number of carbonyl (C=O) groups excluding carboxylic acids is 3. The Bertz CT molecular complexity index is 1200. The number of aryl methyl sites for hydroxylation is 1. The van der Waals surface area contributed by atoms with Gasteiger partial charge in [-0.1, -0.05) is 12.1 Å². The van der Waals surface area contributed by atoms with Crippen LogP contribution in [0.5, 0.6) is 0 Å². The average molecular weight is 437 g/mol. The number of nitrogens with one attached hydrogen (secondary N) is 1. The van der Waals surface area contributed by atoms with E-state index in [1.807, 2.05) is 13.0 Å². The maximum atomic E-state index is 13.8. The Hall–Kier alpha value is -3.32. The van der Waals surface area contributed by atoms with Gasteiger partial charge in [0, 0.05) is 28.1 Å². The molecule has 31 heavy (non-hydrogen) atoms. The third kappa shape index (κ3) is 4.88. The molecule has 4 rings (SSSR count). The lowest BCUT2D eigenvalue weighted by Crippen LogP contribution is -2.12. The minimum atomic E-state index is -0.720. The highest BCUT2D eigenvalue weighted by atomic mass is 32.1. The van der Waals surface area contributed by atoms with Gasteiger partial charge in [0.05, 0.1) is 4.88 Å². The zero-order chi connectivity index (χ0) is 22.1. The van der Waals surface area contributed by atoms with E-state index in [1.54, 1.807) is 24.3 Å². The molecular weight excluding hydrogens is 415 g/mol. The van der Waals surface area contributed by atoms with Crippen LogP contribution in [0.1, 0.15) is 55.2 Å². The van der Waals surface area contributed by atoms with Crippen LogP contribution in [0, 0.1) is 18.7 Å². The predicted molar refractivity (Wildman–Crippen MR) is 119 cm³/mol. The Morgan fingerprint density at radius 1 is 1.06 bits per heavy atom. The molecule has 0 atom stereocenters. The van der Waals surface area contributed by atoms with E-state index in [0.29, 0.717) is 38.9 Å². The summed E-state index contributed by atoms with van der Waals surface area (Å²) in [6, 6.07) is 12.5. The molecule has 0 bridgehead atoms. The van der Waals surface area contributed by atoms with Gasteiger partial charge in [-0.15, -0.1) is 11.3 Å². The highest BCUT2D eigenvalue weighted by molar-refractivity contribution is 7.17. The number of anilines is 1. The Morgan fingerprint density at radius 3 is 2.55 bits per heavy atom. The van der Waals surface area contributed by atoms with Crippen LogP contribution in [0.4, 0.5) is 10.1 Å². The molecule has 0 radical (unpaired) electrons. The zero-order valence-corrected chi connectivity index (χ0v) is 17.7. The second-order valence-electron chi connectivity index (χ2n) is 7.81. The largest absolute Gasteiger partial charge is 0.366 e. The summed E-state index contributed by atoms with van der Waals surface area (Å²) in [4.78, 5) is 37.6. The Morgan fingerprint density at radius 2 is 1.84 bits per heavy atom. The lowest BCUT2D eigenvalue weighted by Gasteiger charge is -2.10. The average Bonchev–Trinajstić information content (AvgIpc) is 3.39. The first kappa shape index (κ1) is 20.9. The van der Waals surface area contributed by atoms with Crippen LogP contribution in [0.25, 0.3) is 10.4 Å². The van der Waals surface area contributed by atoms with Crippen LogP contribution in [-0.2, 0) is 0 Å². The van der Waals surface area contributed by atoms with Gasteiger partial charge in [-0.25, -0.2) is 4.39 Å². The van der Waals surface area contributed by atoms with Crippen molar-refractivity contribution in [2.75, 3.05) is 5.32 Å². The van der Waals surface area contributed by atoms with Gasteiger partial charge in [0.2, 0.25) is 5.91 Å². The number of amides is 2. The van der Waals surface area contributed by atoms with Crippen molar-refractivity contribution in [1.29, 1.82) is 0 Å².